The van der Waals surface area contributed by atoms with Crippen molar-refractivity contribution in [2.24, 2.45) is 0 Å². The third-order valence-corrected chi connectivity index (χ3v) is 4.61. The number of amides is 3. The van der Waals surface area contributed by atoms with E-state index in [1.54, 1.807) is 26.0 Å². The molecular formula is C19H29N3O5. The summed E-state index contributed by atoms with van der Waals surface area (Å²) in [4.78, 5) is 25.7. The normalized spacial score (nSPS) is 15.6. The molecule has 150 valence electrons. The Bertz CT molecular complexity index is 644. The van der Waals surface area contributed by atoms with E-state index in [2.05, 4.69) is 10.6 Å². The molecule has 1 saturated heterocycles. The van der Waals surface area contributed by atoms with Gasteiger partial charge in [0.1, 0.15) is 0 Å². The van der Waals surface area contributed by atoms with Crippen LogP contribution >= 0.6 is 0 Å². The second kappa shape index (κ2) is 9.89. The van der Waals surface area contributed by atoms with Gasteiger partial charge < -0.3 is 29.7 Å². The number of methoxy groups -OCH3 is 2. The number of nitrogens with zero attached hydrogens (tertiary/aromatic N) is 1. The van der Waals surface area contributed by atoms with Gasteiger partial charge in [0.05, 0.1) is 26.9 Å². The van der Waals surface area contributed by atoms with Crippen LogP contribution in [0.3, 0.4) is 0 Å². The molecule has 1 aliphatic rings. The number of piperidine rings is 1. The summed E-state index contributed by atoms with van der Waals surface area (Å²) in [5, 5.41) is 5.91. The van der Waals surface area contributed by atoms with E-state index < -0.39 is 0 Å². The van der Waals surface area contributed by atoms with Crippen LogP contribution in [0.1, 0.15) is 38.3 Å². The maximum atomic E-state index is 12.3. The highest BCUT2D eigenvalue weighted by Crippen LogP contribution is 2.29. The second-order valence-corrected chi connectivity index (χ2v) is 6.41. The van der Waals surface area contributed by atoms with Crippen molar-refractivity contribution in [1.82, 2.24) is 15.5 Å². The number of hydrogen-bond acceptors (Lipinski definition) is 5. The van der Waals surface area contributed by atoms with Gasteiger partial charge in [0.2, 0.25) is 0 Å². The molecule has 1 aromatic rings. The van der Waals surface area contributed by atoms with Crippen molar-refractivity contribution in [3.05, 3.63) is 23.8 Å². The van der Waals surface area contributed by atoms with Crippen LogP contribution < -0.4 is 20.1 Å². The first-order chi connectivity index (χ1) is 13.0. The Morgan fingerprint density at radius 3 is 2.44 bits per heavy atom. The molecule has 2 rings (SSSR count). The summed E-state index contributed by atoms with van der Waals surface area (Å²) in [6.07, 6.45) is 1.12. The molecule has 0 aliphatic carbocycles. The van der Waals surface area contributed by atoms with Crippen LogP contribution in [0.5, 0.6) is 11.5 Å². The van der Waals surface area contributed by atoms with Crippen LogP contribution in [0.15, 0.2) is 18.2 Å². The van der Waals surface area contributed by atoms with Crippen LogP contribution in [0.25, 0.3) is 0 Å². The van der Waals surface area contributed by atoms with Crippen molar-refractivity contribution in [3.8, 4) is 11.5 Å². The van der Waals surface area contributed by atoms with Gasteiger partial charge in [-0.05, 0) is 44.4 Å². The lowest BCUT2D eigenvalue weighted by Crippen LogP contribution is -2.49. The van der Waals surface area contributed by atoms with Gasteiger partial charge >= 0.3 is 12.1 Å². The van der Waals surface area contributed by atoms with Crippen LogP contribution in [0.4, 0.5) is 9.59 Å². The van der Waals surface area contributed by atoms with Crippen molar-refractivity contribution in [3.63, 3.8) is 0 Å². The third-order valence-electron chi connectivity index (χ3n) is 4.61. The summed E-state index contributed by atoms with van der Waals surface area (Å²) in [5.74, 6) is 1.27. The maximum absolute atomic E-state index is 12.3. The molecule has 0 aromatic heterocycles. The van der Waals surface area contributed by atoms with Crippen molar-refractivity contribution >= 4 is 12.1 Å². The Morgan fingerprint density at radius 1 is 1.19 bits per heavy atom. The largest absolute Gasteiger partial charge is 0.493 e. The Kier molecular flexibility index (Phi) is 7.57. The van der Waals surface area contributed by atoms with Gasteiger partial charge in [-0.15, -0.1) is 0 Å². The summed E-state index contributed by atoms with van der Waals surface area (Å²) in [7, 11) is 3.16. The molecule has 27 heavy (non-hydrogen) atoms. The number of carbonyl (C=O) groups is 2. The Hall–Kier alpha value is -2.64. The lowest BCUT2D eigenvalue weighted by atomic mass is 10.1. The monoisotopic (exact) mass is 379 g/mol. The van der Waals surface area contributed by atoms with Gasteiger partial charge in [0.15, 0.2) is 11.5 Å². The molecule has 0 saturated carbocycles. The fourth-order valence-electron chi connectivity index (χ4n) is 3.05. The number of rotatable bonds is 6. The minimum Gasteiger partial charge on any atom is -0.493 e. The lowest BCUT2D eigenvalue weighted by Gasteiger charge is -2.31. The Morgan fingerprint density at radius 2 is 1.85 bits per heavy atom. The average Bonchev–Trinajstić information content (AvgIpc) is 2.67. The van der Waals surface area contributed by atoms with Gasteiger partial charge in [-0.3, -0.25) is 0 Å². The van der Waals surface area contributed by atoms with E-state index in [1.807, 2.05) is 25.1 Å². The first-order valence-corrected chi connectivity index (χ1v) is 9.19. The number of nitrogens with one attached hydrogen (secondary N) is 2. The fraction of sp³-hybridized carbons (Fsp3) is 0.579. The van der Waals surface area contributed by atoms with E-state index in [4.69, 9.17) is 14.2 Å². The van der Waals surface area contributed by atoms with Gasteiger partial charge in [0, 0.05) is 19.1 Å². The lowest BCUT2D eigenvalue weighted by molar-refractivity contribution is 0.0957. The minimum atomic E-state index is -0.289. The van der Waals surface area contributed by atoms with Gasteiger partial charge in [0.25, 0.3) is 0 Å². The number of likely N-dealkylation sites (tertiary alicyclic amines) is 1. The van der Waals surface area contributed by atoms with Crippen LogP contribution in [0.2, 0.25) is 0 Å². The highest BCUT2D eigenvalue weighted by molar-refractivity contribution is 5.75. The number of benzene rings is 1. The predicted octanol–water partition coefficient (Wildman–Crippen LogP) is 2.68. The zero-order valence-electron chi connectivity index (χ0n) is 16.4. The quantitative estimate of drug-likeness (QED) is 0.793. The number of urea groups is 1. The Balaban J connectivity index is 1.83. The van der Waals surface area contributed by atoms with Crippen LogP contribution in [-0.2, 0) is 4.74 Å². The highest BCUT2D eigenvalue weighted by atomic mass is 16.6. The van der Waals surface area contributed by atoms with Crippen molar-refractivity contribution in [1.29, 1.82) is 0 Å². The number of hydrogen-bond donors (Lipinski definition) is 2. The van der Waals surface area contributed by atoms with E-state index in [0.29, 0.717) is 44.0 Å². The molecule has 1 heterocycles. The summed E-state index contributed by atoms with van der Waals surface area (Å²) >= 11 is 0. The predicted molar refractivity (Wildman–Crippen MR) is 101 cm³/mol. The highest BCUT2D eigenvalue weighted by Gasteiger charge is 2.25. The van der Waals surface area contributed by atoms with E-state index in [0.717, 1.165) is 5.56 Å². The zero-order valence-corrected chi connectivity index (χ0v) is 16.4. The van der Waals surface area contributed by atoms with Crippen LogP contribution in [-0.4, -0.2) is 57.0 Å². The van der Waals surface area contributed by atoms with Crippen molar-refractivity contribution in [2.45, 2.75) is 38.8 Å². The SMILES string of the molecule is CCOC(=O)N1CCC(NC(=O)NC(C)c2ccc(OC)c(OC)c2)CC1. The molecule has 1 aliphatic heterocycles. The standard InChI is InChI=1S/C19H29N3O5/c1-5-27-19(24)22-10-8-15(9-11-22)21-18(23)20-13(2)14-6-7-16(25-3)17(12-14)26-4/h6-7,12-13,15H,5,8-11H2,1-4H3,(H2,20,21,23). The van der Waals surface area contributed by atoms with E-state index >= 15 is 0 Å². The second-order valence-electron chi connectivity index (χ2n) is 6.41. The van der Waals surface area contributed by atoms with E-state index in [9.17, 15) is 9.59 Å². The van der Waals surface area contributed by atoms with Gasteiger partial charge in [-0.1, -0.05) is 6.07 Å². The molecule has 1 aromatic carbocycles. The molecule has 8 nitrogen and oxygen atoms in total. The summed E-state index contributed by atoms with van der Waals surface area (Å²) in [6, 6.07) is 5.17. The molecule has 0 spiro atoms. The van der Waals surface area contributed by atoms with Crippen molar-refractivity contribution in [2.75, 3.05) is 33.9 Å². The molecule has 0 radical (unpaired) electrons. The maximum Gasteiger partial charge on any atom is 0.409 e. The van der Waals surface area contributed by atoms with Crippen molar-refractivity contribution < 1.29 is 23.8 Å². The average molecular weight is 379 g/mol. The summed E-state index contributed by atoms with van der Waals surface area (Å²) < 4.78 is 15.5. The van der Waals surface area contributed by atoms with E-state index in [-0.39, 0.29) is 24.2 Å². The zero-order chi connectivity index (χ0) is 19.8. The first kappa shape index (κ1) is 20.7. The van der Waals surface area contributed by atoms with Crippen LogP contribution in [0, 0.1) is 0 Å². The fourth-order valence-corrected chi connectivity index (χ4v) is 3.05. The molecule has 0 bridgehead atoms. The first-order valence-electron chi connectivity index (χ1n) is 9.19. The minimum absolute atomic E-state index is 0.0354. The molecule has 1 unspecified atom stereocenters. The molecule has 3 amide bonds. The number of carbonyl (C=O) groups excluding carboxylic acids is 2. The number of ether oxygens (including phenoxy) is 3. The van der Waals surface area contributed by atoms with Gasteiger partial charge in [-0.2, -0.15) is 0 Å². The molecule has 1 atom stereocenters. The summed E-state index contributed by atoms with van der Waals surface area (Å²) in [5.41, 5.74) is 0.917. The molecule has 1 fully saturated rings. The Labute approximate surface area is 160 Å². The van der Waals surface area contributed by atoms with E-state index in [1.165, 1.54) is 0 Å². The smallest absolute Gasteiger partial charge is 0.409 e. The third kappa shape index (κ3) is 5.67. The summed E-state index contributed by atoms with van der Waals surface area (Å²) in [6.45, 7) is 5.22. The molecule has 8 heteroatoms. The molecule has 2 N–H and O–H groups in total. The topological polar surface area (TPSA) is 89.1 Å². The molecular weight excluding hydrogens is 350 g/mol. The van der Waals surface area contributed by atoms with Gasteiger partial charge in [-0.25, -0.2) is 9.59 Å².